The molecule has 1 aliphatic heterocycles. The second-order valence-corrected chi connectivity index (χ2v) is 9.48. The van der Waals surface area contributed by atoms with Gasteiger partial charge in [-0.3, -0.25) is 9.78 Å². The Kier molecular flexibility index (Phi) is 7.56. The van der Waals surface area contributed by atoms with Crippen molar-refractivity contribution in [3.05, 3.63) is 108 Å². The maximum Gasteiger partial charge on any atom is 0.335 e. The fourth-order valence-corrected chi connectivity index (χ4v) is 4.94. The van der Waals surface area contributed by atoms with Crippen LogP contribution < -0.4 is 10.6 Å². The Morgan fingerprint density at radius 3 is 2.30 bits per heavy atom. The number of hydrogen-bond acceptors (Lipinski definition) is 6. The minimum Gasteiger partial charge on any atom is -0.478 e. The van der Waals surface area contributed by atoms with Gasteiger partial charge in [-0.25, -0.2) is 9.59 Å². The van der Waals surface area contributed by atoms with E-state index in [0.717, 1.165) is 6.07 Å². The molecule has 2 aromatic heterocycles. The predicted octanol–water partition coefficient (Wildman–Crippen LogP) is 4.74. The molecule has 5 rings (SSSR count). The van der Waals surface area contributed by atoms with E-state index in [1.165, 1.54) is 12.1 Å². The van der Waals surface area contributed by atoms with Crippen molar-refractivity contribution in [3.8, 4) is 11.3 Å². The van der Waals surface area contributed by atoms with Gasteiger partial charge in [-0.15, -0.1) is 0 Å². The van der Waals surface area contributed by atoms with Gasteiger partial charge >= 0.3 is 11.9 Å². The molecule has 11 heteroatoms. The van der Waals surface area contributed by atoms with Crippen LogP contribution in [0.3, 0.4) is 0 Å². The van der Waals surface area contributed by atoms with Crippen LogP contribution in [0.2, 0.25) is 0 Å². The molecule has 0 saturated carbocycles. The number of nitrogens with one attached hydrogen (secondary N) is 2. The summed E-state index contributed by atoms with van der Waals surface area (Å²) >= 11 is 5.65. The van der Waals surface area contributed by atoms with Gasteiger partial charge in [-0.2, -0.15) is 0 Å². The Morgan fingerprint density at radius 1 is 0.950 bits per heavy atom. The summed E-state index contributed by atoms with van der Waals surface area (Å²) in [5.41, 5.74) is 1.37. The number of amides is 1. The average Bonchev–Trinajstić information content (AvgIpc) is 3.57. The topological polar surface area (TPSA) is 145 Å². The van der Waals surface area contributed by atoms with Crippen LogP contribution in [0.25, 0.3) is 11.3 Å². The highest BCUT2D eigenvalue weighted by Crippen LogP contribution is 2.40. The van der Waals surface area contributed by atoms with Crippen LogP contribution in [-0.2, 0) is 4.79 Å². The van der Waals surface area contributed by atoms with Gasteiger partial charge in [0.05, 0.1) is 22.9 Å². The lowest BCUT2D eigenvalue weighted by Crippen LogP contribution is -2.32. The Balaban J connectivity index is 1.45. The molecular formula is C29H24N4O6S. The molecule has 4 aromatic rings. The minimum atomic E-state index is -1.25. The number of furan rings is 1. The van der Waals surface area contributed by atoms with E-state index in [0.29, 0.717) is 33.6 Å². The van der Waals surface area contributed by atoms with Crippen molar-refractivity contribution in [1.29, 1.82) is 0 Å². The van der Waals surface area contributed by atoms with Gasteiger partial charge < -0.3 is 30.2 Å². The van der Waals surface area contributed by atoms with Crippen LogP contribution in [0.5, 0.6) is 0 Å². The third-order valence-electron chi connectivity index (χ3n) is 6.46. The molecule has 10 nitrogen and oxygen atoms in total. The lowest BCUT2D eigenvalue weighted by Gasteiger charge is -2.25. The zero-order valence-electron chi connectivity index (χ0n) is 21.0. The molecule has 4 N–H and O–H groups in total. The molecule has 0 radical (unpaired) electrons. The van der Waals surface area contributed by atoms with E-state index in [2.05, 4.69) is 15.6 Å². The number of pyridine rings is 1. The van der Waals surface area contributed by atoms with Gasteiger partial charge in [0.2, 0.25) is 5.91 Å². The first-order chi connectivity index (χ1) is 19.3. The van der Waals surface area contributed by atoms with Crippen LogP contribution in [0, 0.1) is 0 Å². The Hall–Kier alpha value is -5.03. The highest BCUT2D eigenvalue weighted by molar-refractivity contribution is 7.80. The second-order valence-electron chi connectivity index (χ2n) is 9.10. The standard InChI is InChI=1S/C29H24N4O6S/c34-24(31-20-6-2-1-3-7-20)11-13-33-26(25(32-29(33)40)21-8-4-5-12-30-21)23-10-9-22(39-23)17-14-18(27(35)36)16-19(15-17)28(37)38/h1-10,12,14-16,25-26H,11,13H2,(H,31,34)(H,32,40)(H,35,36)(H,37,38)/t25-,26+/m0/s1. The van der Waals surface area contributed by atoms with E-state index in [-0.39, 0.29) is 30.0 Å². The molecule has 0 unspecified atom stereocenters. The summed E-state index contributed by atoms with van der Waals surface area (Å²) in [5, 5.41) is 25.5. The fourth-order valence-electron chi connectivity index (χ4n) is 4.61. The van der Waals surface area contributed by atoms with Gasteiger partial charge in [-0.1, -0.05) is 24.3 Å². The van der Waals surface area contributed by atoms with Crippen LogP contribution in [0.4, 0.5) is 5.69 Å². The predicted molar refractivity (Wildman–Crippen MR) is 150 cm³/mol. The molecule has 1 fully saturated rings. The zero-order valence-corrected chi connectivity index (χ0v) is 21.8. The number of aromatic nitrogens is 1. The normalized spacial score (nSPS) is 16.4. The summed E-state index contributed by atoms with van der Waals surface area (Å²) in [5.74, 6) is -1.91. The SMILES string of the molecule is O=C(CCN1C(=S)N[C@@H](c2ccccn2)[C@H]1c1ccc(-c2cc(C(=O)O)cc(C(=O)O)c2)o1)Nc1ccccc1. The van der Waals surface area contributed by atoms with Crippen molar-refractivity contribution in [2.75, 3.05) is 11.9 Å². The van der Waals surface area contributed by atoms with Crippen molar-refractivity contribution in [2.24, 2.45) is 0 Å². The maximum absolute atomic E-state index is 12.7. The van der Waals surface area contributed by atoms with Crippen LogP contribution >= 0.6 is 12.2 Å². The summed E-state index contributed by atoms with van der Waals surface area (Å²) in [7, 11) is 0. The molecule has 2 aromatic carbocycles. The average molecular weight is 557 g/mol. The first-order valence-electron chi connectivity index (χ1n) is 12.3. The summed E-state index contributed by atoms with van der Waals surface area (Å²) in [4.78, 5) is 42.2. The number of benzene rings is 2. The highest BCUT2D eigenvalue weighted by Gasteiger charge is 2.41. The van der Waals surface area contributed by atoms with Crippen molar-refractivity contribution in [3.63, 3.8) is 0 Å². The van der Waals surface area contributed by atoms with Crippen molar-refractivity contribution in [1.82, 2.24) is 15.2 Å². The molecule has 2 atom stereocenters. The molecule has 0 bridgehead atoms. The molecule has 1 saturated heterocycles. The smallest absolute Gasteiger partial charge is 0.335 e. The Labute approximate surface area is 234 Å². The fraction of sp³-hybridized carbons (Fsp3) is 0.138. The summed E-state index contributed by atoms with van der Waals surface area (Å²) < 4.78 is 6.20. The largest absolute Gasteiger partial charge is 0.478 e. The summed E-state index contributed by atoms with van der Waals surface area (Å²) in [6.07, 6.45) is 1.82. The van der Waals surface area contributed by atoms with Gasteiger partial charge in [-0.05, 0) is 66.8 Å². The Bertz CT molecular complexity index is 1540. The minimum absolute atomic E-state index is 0.151. The summed E-state index contributed by atoms with van der Waals surface area (Å²) in [6, 6.07) is 21.0. The second kappa shape index (κ2) is 11.4. The summed E-state index contributed by atoms with van der Waals surface area (Å²) in [6.45, 7) is 0.284. The van der Waals surface area contributed by atoms with E-state index in [1.807, 2.05) is 35.2 Å². The van der Waals surface area contributed by atoms with Crippen LogP contribution in [-0.4, -0.2) is 49.6 Å². The maximum atomic E-state index is 12.7. The molecule has 3 heterocycles. The van der Waals surface area contributed by atoms with Gasteiger partial charge in [0.15, 0.2) is 5.11 Å². The number of carboxylic acid groups (broad SMARTS) is 2. The molecule has 0 aliphatic carbocycles. The van der Waals surface area contributed by atoms with Gasteiger partial charge in [0.25, 0.3) is 0 Å². The van der Waals surface area contributed by atoms with E-state index in [1.54, 1.807) is 36.5 Å². The van der Waals surface area contributed by atoms with Crippen LogP contribution in [0.1, 0.15) is 50.7 Å². The first kappa shape index (κ1) is 26.6. The van der Waals surface area contributed by atoms with E-state index < -0.39 is 24.0 Å². The van der Waals surface area contributed by atoms with Crippen molar-refractivity contribution < 1.29 is 29.0 Å². The van der Waals surface area contributed by atoms with Gasteiger partial charge in [0, 0.05) is 30.4 Å². The number of para-hydroxylation sites is 1. The number of carbonyl (C=O) groups excluding carboxylic acids is 1. The molecular weight excluding hydrogens is 532 g/mol. The van der Waals surface area contributed by atoms with Gasteiger partial charge in [0.1, 0.15) is 17.6 Å². The molecule has 40 heavy (non-hydrogen) atoms. The van der Waals surface area contributed by atoms with Crippen molar-refractivity contribution >= 4 is 40.9 Å². The number of rotatable bonds is 9. The quantitative estimate of drug-likeness (QED) is 0.213. The van der Waals surface area contributed by atoms with E-state index in [9.17, 15) is 24.6 Å². The Morgan fingerprint density at radius 2 is 1.65 bits per heavy atom. The van der Waals surface area contributed by atoms with Crippen LogP contribution in [0.15, 0.2) is 89.5 Å². The molecule has 1 amide bonds. The number of carbonyl (C=O) groups is 3. The van der Waals surface area contributed by atoms with Crippen molar-refractivity contribution in [2.45, 2.75) is 18.5 Å². The number of hydrogen-bond donors (Lipinski definition) is 4. The zero-order chi connectivity index (χ0) is 28.2. The number of thiocarbonyl (C=S) groups is 1. The lowest BCUT2D eigenvalue weighted by atomic mass is 10.0. The molecule has 0 spiro atoms. The number of aromatic carboxylic acids is 2. The van der Waals surface area contributed by atoms with E-state index in [4.69, 9.17) is 16.6 Å². The molecule has 1 aliphatic rings. The number of carboxylic acids is 2. The van der Waals surface area contributed by atoms with E-state index >= 15 is 0 Å². The highest BCUT2D eigenvalue weighted by atomic mass is 32.1. The third-order valence-corrected chi connectivity index (χ3v) is 6.82. The monoisotopic (exact) mass is 556 g/mol. The first-order valence-corrected chi connectivity index (χ1v) is 12.8. The number of anilines is 1. The number of nitrogens with zero attached hydrogens (tertiary/aromatic N) is 2. The third kappa shape index (κ3) is 5.69. The lowest BCUT2D eigenvalue weighted by molar-refractivity contribution is -0.116. The molecule has 202 valence electrons.